The number of likely N-dealkylation sites (tertiary alicyclic amines) is 1. The fourth-order valence-electron chi connectivity index (χ4n) is 4.85. The quantitative estimate of drug-likeness (QED) is 0.348. The zero-order chi connectivity index (χ0) is 25.4. The van der Waals surface area contributed by atoms with Crippen LogP contribution in [0.15, 0.2) is 42.9 Å². The first-order valence-corrected chi connectivity index (χ1v) is 11.8. The van der Waals surface area contributed by atoms with Crippen molar-refractivity contribution in [3.63, 3.8) is 0 Å². The molecule has 0 amide bonds. The van der Waals surface area contributed by atoms with E-state index >= 15 is 0 Å². The molecule has 0 unspecified atom stereocenters. The number of alkyl halides is 2. The van der Waals surface area contributed by atoms with Crippen molar-refractivity contribution in [2.24, 2.45) is 0 Å². The van der Waals surface area contributed by atoms with E-state index in [4.69, 9.17) is 4.74 Å². The Morgan fingerprint density at radius 2 is 2.06 bits per heavy atom. The van der Waals surface area contributed by atoms with E-state index in [-0.39, 0.29) is 23.3 Å². The molecule has 4 aromatic rings. The average molecular weight is 493 g/mol. The van der Waals surface area contributed by atoms with Crippen molar-refractivity contribution in [2.75, 3.05) is 6.54 Å². The smallest absolute Gasteiger partial charge is 0.320 e. The summed E-state index contributed by atoms with van der Waals surface area (Å²) in [4.78, 5) is 10.3. The SMILES string of the molecule is Cc1c(-c2cc(O[C@H](C)c3ccccn3)c3c(c2)ncn3C(F)F)nnn1[C@H]1CCN(C#N)[C@H](C)C1. The van der Waals surface area contributed by atoms with Crippen molar-refractivity contribution < 1.29 is 13.5 Å². The van der Waals surface area contributed by atoms with Crippen LogP contribution in [0, 0.1) is 18.4 Å². The molecule has 9 nitrogen and oxygen atoms in total. The van der Waals surface area contributed by atoms with Crippen molar-refractivity contribution in [3.8, 4) is 23.2 Å². The lowest BCUT2D eigenvalue weighted by molar-refractivity contribution is 0.0737. The second-order valence-electron chi connectivity index (χ2n) is 9.07. The lowest BCUT2D eigenvalue weighted by atomic mass is 9.98. The molecular formula is C25H26F2N8O. The Bertz CT molecular complexity index is 1410. The molecule has 1 aliphatic heterocycles. The second kappa shape index (κ2) is 9.53. The third-order valence-electron chi connectivity index (χ3n) is 6.78. The summed E-state index contributed by atoms with van der Waals surface area (Å²) in [5, 5.41) is 18.1. The van der Waals surface area contributed by atoms with E-state index in [2.05, 4.69) is 26.5 Å². The largest absolute Gasteiger partial charge is 0.482 e. The van der Waals surface area contributed by atoms with E-state index in [1.807, 2.05) is 37.6 Å². The second-order valence-corrected chi connectivity index (χ2v) is 9.07. The molecule has 0 saturated carbocycles. The van der Waals surface area contributed by atoms with Crippen LogP contribution < -0.4 is 4.74 Å². The Morgan fingerprint density at radius 3 is 2.75 bits per heavy atom. The van der Waals surface area contributed by atoms with Gasteiger partial charge in [0, 0.05) is 24.3 Å². The van der Waals surface area contributed by atoms with Crippen LogP contribution >= 0.6 is 0 Å². The number of pyridine rings is 1. The molecule has 0 N–H and O–H groups in total. The van der Waals surface area contributed by atoms with E-state index in [1.54, 1.807) is 29.3 Å². The molecule has 11 heteroatoms. The van der Waals surface area contributed by atoms with Crippen molar-refractivity contribution in [1.82, 2.24) is 34.4 Å². The first-order valence-electron chi connectivity index (χ1n) is 11.8. The molecule has 36 heavy (non-hydrogen) atoms. The van der Waals surface area contributed by atoms with Crippen LogP contribution in [-0.4, -0.2) is 47.0 Å². The number of benzene rings is 1. The van der Waals surface area contributed by atoms with Gasteiger partial charge in [0.2, 0.25) is 0 Å². The first-order chi connectivity index (χ1) is 17.4. The minimum absolute atomic E-state index is 0.114. The highest BCUT2D eigenvalue weighted by molar-refractivity contribution is 5.87. The minimum Gasteiger partial charge on any atom is -0.482 e. The maximum Gasteiger partial charge on any atom is 0.320 e. The van der Waals surface area contributed by atoms with E-state index in [0.717, 1.165) is 29.4 Å². The summed E-state index contributed by atoms with van der Waals surface area (Å²) in [5.74, 6) is 0.267. The van der Waals surface area contributed by atoms with Crippen LogP contribution in [0.4, 0.5) is 8.78 Å². The molecule has 1 fully saturated rings. The monoisotopic (exact) mass is 492 g/mol. The highest BCUT2D eigenvalue weighted by atomic mass is 19.3. The number of hydrogen-bond acceptors (Lipinski definition) is 7. The summed E-state index contributed by atoms with van der Waals surface area (Å²) in [5.41, 5.74) is 3.43. The Balaban J connectivity index is 1.53. The predicted octanol–water partition coefficient (Wildman–Crippen LogP) is 5.04. The number of hydrogen-bond donors (Lipinski definition) is 0. The molecule has 0 aliphatic carbocycles. The molecule has 4 heterocycles. The minimum atomic E-state index is -2.77. The fourth-order valence-corrected chi connectivity index (χ4v) is 4.85. The number of piperidine rings is 1. The predicted molar refractivity (Wildman–Crippen MR) is 128 cm³/mol. The molecular weight excluding hydrogens is 466 g/mol. The Morgan fingerprint density at radius 1 is 1.22 bits per heavy atom. The third kappa shape index (κ3) is 4.23. The van der Waals surface area contributed by atoms with Crippen LogP contribution in [0.25, 0.3) is 22.3 Å². The van der Waals surface area contributed by atoms with Gasteiger partial charge in [-0.25, -0.2) is 9.67 Å². The van der Waals surface area contributed by atoms with E-state index in [0.29, 0.717) is 29.0 Å². The maximum atomic E-state index is 13.8. The molecule has 186 valence electrons. The van der Waals surface area contributed by atoms with Crippen molar-refractivity contribution in [1.29, 1.82) is 5.26 Å². The number of nitriles is 1. The van der Waals surface area contributed by atoms with Crippen LogP contribution in [-0.2, 0) is 0 Å². The van der Waals surface area contributed by atoms with Gasteiger partial charge >= 0.3 is 6.55 Å². The van der Waals surface area contributed by atoms with Crippen LogP contribution in [0.3, 0.4) is 0 Å². The molecule has 0 bridgehead atoms. The molecule has 1 aliphatic rings. The molecule has 1 saturated heterocycles. The number of halogens is 2. The Kier molecular flexibility index (Phi) is 6.26. The number of ether oxygens (including phenoxy) is 1. The first kappa shape index (κ1) is 23.7. The highest BCUT2D eigenvalue weighted by Gasteiger charge is 2.29. The molecule has 1 aromatic carbocycles. The summed E-state index contributed by atoms with van der Waals surface area (Å²) in [6.07, 6.45) is 6.11. The van der Waals surface area contributed by atoms with Gasteiger partial charge in [0.15, 0.2) is 6.19 Å². The summed E-state index contributed by atoms with van der Waals surface area (Å²) in [6, 6.07) is 9.15. The van der Waals surface area contributed by atoms with Crippen LogP contribution in [0.2, 0.25) is 0 Å². The molecule has 5 rings (SSSR count). The van der Waals surface area contributed by atoms with Gasteiger partial charge in [-0.15, -0.1) is 5.10 Å². The lowest BCUT2D eigenvalue weighted by Crippen LogP contribution is -2.38. The van der Waals surface area contributed by atoms with Gasteiger partial charge in [0.25, 0.3) is 0 Å². The third-order valence-corrected chi connectivity index (χ3v) is 6.78. The number of nitrogens with zero attached hydrogens (tertiary/aromatic N) is 8. The highest BCUT2D eigenvalue weighted by Crippen LogP contribution is 2.37. The van der Waals surface area contributed by atoms with Gasteiger partial charge in [0.05, 0.1) is 22.9 Å². The summed E-state index contributed by atoms with van der Waals surface area (Å²) >= 11 is 0. The van der Waals surface area contributed by atoms with Crippen molar-refractivity contribution in [3.05, 3.63) is 54.2 Å². The summed E-state index contributed by atoms with van der Waals surface area (Å²) in [7, 11) is 0. The standard InChI is InChI=1S/C25H26F2N8O/c1-15-10-19(7-9-33(15)13-28)35-16(2)23(31-32-35)18-11-21-24(34(14-30-21)25(26)27)22(12-18)36-17(3)20-6-4-5-8-29-20/h4-6,8,11-12,14-15,17,19,25H,7,9-10H2,1-3H3/t15-,17-,19+/m1/s1. The Labute approximate surface area is 206 Å². The van der Waals surface area contributed by atoms with Crippen LogP contribution in [0.1, 0.15) is 56.8 Å². The zero-order valence-electron chi connectivity index (χ0n) is 20.2. The fraction of sp³-hybridized carbons (Fsp3) is 0.400. The van der Waals surface area contributed by atoms with Crippen molar-refractivity contribution >= 4 is 11.0 Å². The maximum absolute atomic E-state index is 13.8. The van der Waals surface area contributed by atoms with Gasteiger partial charge in [-0.3, -0.25) is 9.55 Å². The summed E-state index contributed by atoms with van der Waals surface area (Å²) in [6.45, 7) is 3.69. The molecule has 3 atom stereocenters. The van der Waals surface area contributed by atoms with Gasteiger partial charge in [-0.05, 0) is 57.9 Å². The van der Waals surface area contributed by atoms with Gasteiger partial charge in [-0.1, -0.05) is 11.3 Å². The van der Waals surface area contributed by atoms with Crippen LogP contribution in [0.5, 0.6) is 5.75 Å². The molecule has 0 spiro atoms. The average Bonchev–Trinajstić information content (AvgIpc) is 3.48. The number of aromatic nitrogens is 6. The molecule has 0 radical (unpaired) electrons. The van der Waals surface area contributed by atoms with Gasteiger partial charge < -0.3 is 9.64 Å². The normalized spacial score (nSPS) is 19.0. The Hall–Kier alpha value is -4.07. The van der Waals surface area contributed by atoms with Gasteiger partial charge in [0.1, 0.15) is 29.4 Å². The van der Waals surface area contributed by atoms with E-state index in [1.165, 1.54) is 0 Å². The zero-order valence-corrected chi connectivity index (χ0v) is 20.2. The lowest BCUT2D eigenvalue weighted by Gasteiger charge is -2.34. The van der Waals surface area contributed by atoms with Gasteiger partial charge in [-0.2, -0.15) is 14.0 Å². The topological polar surface area (TPSA) is 97.7 Å². The summed E-state index contributed by atoms with van der Waals surface area (Å²) < 4.78 is 36.4. The molecule has 3 aromatic heterocycles. The van der Waals surface area contributed by atoms with Crippen molar-refractivity contribution in [2.45, 2.75) is 58.3 Å². The van der Waals surface area contributed by atoms with E-state index in [9.17, 15) is 14.0 Å². The van der Waals surface area contributed by atoms with E-state index < -0.39 is 12.7 Å². The number of rotatable bonds is 6. The number of fused-ring (bicyclic) bond motifs is 1. The number of imidazole rings is 1.